The molecule has 0 fully saturated rings. The molecular formula is C10H11BrN2OS. The Balaban J connectivity index is 1.94. The normalized spacial score (nSPS) is 20.2. The largest absolute Gasteiger partial charge is 0.302 e. The van der Waals surface area contributed by atoms with Crippen molar-refractivity contribution in [2.45, 2.75) is 19.3 Å². The quantitative estimate of drug-likeness (QED) is 0.849. The number of nitrogens with zero attached hydrogens (tertiary/aromatic N) is 1. The van der Waals surface area contributed by atoms with Crippen molar-refractivity contribution in [1.82, 2.24) is 4.98 Å². The number of aromatic nitrogens is 1. The lowest BCUT2D eigenvalue weighted by Gasteiger charge is -2.15. The lowest BCUT2D eigenvalue weighted by atomic mass is 9.94. The number of nitrogens with one attached hydrogen (secondary N) is 1. The summed E-state index contributed by atoms with van der Waals surface area (Å²) in [7, 11) is 0. The van der Waals surface area contributed by atoms with Crippen LogP contribution in [0.25, 0.3) is 0 Å². The second kappa shape index (κ2) is 4.90. The SMILES string of the molecule is O=C(Nc1ncc(Br)s1)C1CC=CCC1. The van der Waals surface area contributed by atoms with Crippen molar-refractivity contribution >= 4 is 38.3 Å². The molecule has 1 unspecified atom stereocenters. The lowest BCUT2D eigenvalue weighted by molar-refractivity contribution is -0.120. The molecule has 5 heteroatoms. The zero-order valence-electron chi connectivity index (χ0n) is 8.07. The van der Waals surface area contributed by atoms with Gasteiger partial charge in [-0.2, -0.15) is 0 Å². The van der Waals surface area contributed by atoms with Crippen LogP contribution in [-0.2, 0) is 4.79 Å². The molecule has 1 heterocycles. The second-order valence-corrected chi connectivity index (χ2v) is 5.85. The van der Waals surface area contributed by atoms with Gasteiger partial charge in [0.15, 0.2) is 5.13 Å². The van der Waals surface area contributed by atoms with Crippen molar-refractivity contribution in [2.75, 3.05) is 5.32 Å². The minimum absolute atomic E-state index is 0.0844. The Morgan fingerprint density at radius 3 is 3.07 bits per heavy atom. The van der Waals surface area contributed by atoms with Gasteiger partial charge in [-0.05, 0) is 35.2 Å². The molecule has 0 aromatic carbocycles. The number of rotatable bonds is 2. The Hall–Kier alpha value is -0.680. The van der Waals surface area contributed by atoms with Gasteiger partial charge in [0.05, 0.1) is 9.98 Å². The first kappa shape index (κ1) is 10.8. The van der Waals surface area contributed by atoms with E-state index in [1.165, 1.54) is 11.3 Å². The molecule has 1 atom stereocenters. The summed E-state index contributed by atoms with van der Waals surface area (Å²) in [5.41, 5.74) is 0. The van der Waals surface area contributed by atoms with Crippen LogP contribution in [-0.4, -0.2) is 10.9 Å². The minimum Gasteiger partial charge on any atom is -0.302 e. The zero-order valence-corrected chi connectivity index (χ0v) is 10.5. The van der Waals surface area contributed by atoms with Gasteiger partial charge in [0, 0.05) is 5.92 Å². The number of carbonyl (C=O) groups excluding carboxylic acids is 1. The van der Waals surface area contributed by atoms with E-state index in [1.807, 2.05) is 0 Å². The third-order valence-electron chi connectivity index (χ3n) is 2.35. The average molecular weight is 287 g/mol. The summed E-state index contributed by atoms with van der Waals surface area (Å²) >= 11 is 4.75. The van der Waals surface area contributed by atoms with E-state index in [2.05, 4.69) is 38.4 Å². The highest BCUT2D eigenvalue weighted by molar-refractivity contribution is 9.11. The van der Waals surface area contributed by atoms with E-state index < -0.39 is 0 Å². The lowest BCUT2D eigenvalue weighted by Crippen LogP contribution is -2.23. The maximum absolute atomic E-state index is 11.8. The molecule has 0 radical (unpaired) electrons. The van der Waals surface area contributed by atoms with Crippen LogP contribution in [0.4, 0.5) is 5.13 Å². The van der Waals surface area contributed by atoms with Crippen LogP contribution in [0, 0.1) is 5.92 Å². The molecule has 1 aromatic heterocycles. The van der Waals surface area contributed by atoms with Gasteiger partial charge < -0.3 is 5.32 Å². The number of thiazole rings is 1. The van der Waals surface area contributed by atoms with Crippen LogP contribution in [0.2, 0.25) is 0 Å². The van der Waals surface area contributed by atoms with Crippen molar-refractivity contribution in [3.63, 3.8) is 0 Å². The third kappa shape index (κ3) is 2.89. The first-order valence-electron chi connectivity index (χ1n) is 4.83. The van der Waals surface area contributed by atoms with Crippen LogP contribution in [0.1, 0.15) is 19.3 Å². The van der Waals surface area contributed by atoms with Crippen LogP contribution in [0.5, 0.6) is 0 Å². The molecule has 0 bridgehead atoms. The Morgan fingerprint density at radius 2 is 2.47 bits per heavy atom. The Morgan fingerprint density at radius 1 is 1.60 bits per heavy atom. The second-order valence-electron chi connectivity index (χ2n) is 3.44. The zero-order chi connectivity index (χ0) is 10.7. The molecule has 1 aliphatic carbocycles. The fourth-order valence-electron chi connectivity index (χ4n) is 1.55. The Labute approximate surface area is 101 Å². The van der Waals surface area contributed by atoms with Gasteiger partial charge in [-0.25, -0.2) is 4.98 Å². The van der Waals surface area contributed by atoms with Gasteiger partial charge in [-0.3, -0.25) is 4.79 Å². The van der Waals surface area contributed by atoms with E-state index in [9.17, 15) is 4.79 Å². The number of allylic oxidation sites excluding steroid dienone is 2. The highest BCUT2D eigenvalue weighted by Gasteiger charge is 2.19. The van der Waals surface area contributed by atoms with Crippen LogP contribution in [0.3, 0.4) is 0 Å². The summed E-state index contributed by atoms with van der Waals surface area (Å²) in [4.78, 5) is 15.9. The van der Waals surface area contributed by atoms with Gasteiger partial charge in [-0.1, -0.05) is 23.5 Å². The highest BCUT2D eigenvalue weighted by atomic mass is 79.9. The Kier molecular flexibility index (Phi) is 3.53. The molecule has 2 rings (SSSR count). The average Bonchev–Trinajstić information content (AvgIpc) is 2.65. The molecule has 1 aromatic rings. The predicted molar refractivity (Wildman–Crippen MR) is 64.9 cm³/mol. The number of anilines is 1. The molecular weight excluding hydrogens is 276 g/mol. The summed E-state index contributed by atoms with van der Waals surface area (Å²) < 4.78 is 0.932. The van der Waals surface area contributed by atoms with Crippen molar-refractivity contribution < 1.29 is 4.79 Å². The fourth-order valence-corrected chi connectivity index (χ4v) is 2.66. The first-order valence-corrected chi connectivity index (χ1v) is 6.44. The first-order chi connectivity index (χ1) is 7.25. The summed E-state index contributed by atoms with van der Waals surface area (Å²) in [6, 6.07) is 0. The van der Waals surface area contributed by atoms with Crippen LogP contribution < -0.4 is 5.32 Å². The molecule has 1 aliphatic rings. The van der Waals surface area contributed by atoms with Gasteiger partial charge in [0.1, 0.15) is 0 Å². The molecule has 1 amide bonds. The number of halogens is 1. The van der Waals surface area contributed by atoms with E-state index in [0.29, 0.717) is 5.13 Å². The number of hydrogen-bond acceptors (Lipinski definition) is 3. The molecule has 3 nitrogen and oxygen atoms in total. The predicted octanol–water partition coefficient (Wildman–Crippen LogP) is 3.20. The molecule has 0 saturated heterocycles. The summed E-state index contributed by atoms with van der Waals surface area (Å²) in [6.07, 6.45) is 8.68. The highest BCUT2D eigenvalue weighted by Crippen LogP contribution is 2.25. The van der Waals surface area contributed by atoms with Crippen LogP contribution in [0.15, 0.2) is 22.1 Å². The maximum Gasteiger partial charge on any atom is 0.229 e. The minimum atomic E-state index is 0.0844. The molecule has 0 saturated carbocycles. The molecule has 0 aliphatic heterocycles. The standard InChI is InChI=1S/C10H11BrN2OS/c11-8-6-12-10(15-8)13-9(14)7-4-2-1-3-5-7/h1-2,6-7H,3-5H2,(H,12,13,14). The van der Waals surface area contributed by atoms with Gasteiger partial charge in [0.2, 0.25) is 5.91 Å². The van der Waals surface area contributed by atoms with E-state index in [1.54, 1.807) is 6.20 Å². The molecule has 15 heavy (non-hydrogen) atoms. The van der Waals surface area contributed by atoms with E-state index in [0.717, 1.165) is 23.0 Å². The maximum atomic E-state index is 11.8. The molecule has 80 valence electrons. The number of hydrogen-bond donors (Lipinski definition) is 1. The monoisotopic (exact) mass is 286 g/mol. The number of amides is 1. The van der Waals surface area contributed by atoms with Gasteiger partial charge in [-0.15, -0.1) is 0 Å². The van der Waals surface area contributed by atoms with Crippen molar-refractivity contribution in [1.29, 1.82) is 0 Å². The molecule has 0 spiro atoms. The smallest absolute Gasteiger partial charge is 0.229 e. The van der Waals surface area contributed by atoms with Crippen LogP contribution >= 0.6 is 27.3 Å². The summed E-state index contributed by atoms with van der Waals surface area (Å²) in [5, 5.41) is 3.51. The molecule has 1 N–H and O–H groups in total. The fraction of sp³-hybridized carbons (Fsp3) is 0.400. The van der Waals surface area contributed by atoms with E-state index in [-0.39, 0.29) is 11.8 Å². The topological polar surface area (TPSA) is 42.0 Å². The van der Waals surface area contributed by atoms with Crippen molar-refractivity contribution in [3.05, 3.63) is 22.1 Å². The third-order valence-corrected chi connectivity index (χ3v) is 3.74. The van der Waals surface area contributed by atoms with E-state index >= 15 is 0 Å². The van der Waals surface area contributed by atoms with Crippen molar-refractivity contribution in [3.8, 4) is 0 Å². The summed E-state index contributed by atoms with van der Waals surface area (Å²) in [6.45, 7) is 0. The van der Waals surface area contributed by atoms with Crippen molar-refractivity contribution in [2.24, 2.45) is 5.92 Å². The number of carbonyl (C=O) groups is 1. The van der Waals surface area contributed by atoms with Gasteiger partial charge >= 0.3 is 0 Å². The Bertz CT molecular complexity index is 389. The van der Waals surface area contributed by atoms with Gasteiger partial charge in [0.25, 0.3) is 0 Å². The van der Waals surface area contributed by atoms with E-state index in [4.69, 9.17) is 0 Å². The summed E-state index contributed by atoms with van der Waals surface area (Å²) in [5.74, 6) is 0.193.